The van der Waals surface area contributed by atoms with Gasteiger partial charge in [0.1, 0.15) is 0 Å². The van der Waals surface area contributed by atoms with Crippen LogP contribution in [0.3, 0.4) is 0 Å². The van der Waals surface area contributed by atoms with E-state index in [1.165, 1.54) is 12.1 Å². The molecule has 0 amide bonds. The first-order chi connectivity index (χ1) is 12.1. The Hall–Kier alpha value is -2.38. The zero-order valence-electron chi connectivity index (χ0n) is 12.5. The van der Waals surface area contributed by atoms with Gasteiger partial charge in [0.15, 0.2) is 16.7 Å². The van der Waals surface area contributed by atoms with Crippen LogP contribution >= 0.6 is 15.9 Å². The van der Waals surface area contributed by atoms with Gasteiger partial charge < -0.3 is 0 Å². The zero-order chi connectivity index (χ0) is 19.1. The van der Waals surface area contributed by atoms with Gasteiger partial charge in [0.05, 0.1) is 0 Å². The van der Waals surface area contributed by atoms with Gasteiger partial charge in [0, 0.05) is 10.0 Å². The summed E-state index contributed by atoms with van der Waals surface area (Å²) in [6.07, 6.45) is -4.77. The predicted octanol–water partition coefficient (Wildman–Crippen LogP) is 2.15. The summed E-state index contributed by atoms with van der Waals surface area (Å²) in [5.74, 6) is -1.66. The van der Waals surface area contributed by atoms with E-state index in [4.69, 9.17) is 5.14 Å². The Kier molecular flexibility index (Phi) is 4.54. The fourth-order valence-corrected chi connectivity index (χ4v) is 2.63. The number of nitrogens with two attached hydrogens (primary N) is 1. The number of halogens is 4. The topological polar surface area (TPSA) is 117 Å². The van der Waals surface area contributed by atoms with E-state index in [2.05, 4.69) is 36.2 Å². The molecule has 0 fully saturated rings. The summed E-state index contributed by atoms with van der Waals surface area (Å²) in [5, 5.41) is 14.8. The summed E-state index contributed by atoms with van der Waals surface area (Å²) in [5.41, 5.74) is 0.341. The molecular weight excluding hydrogens is 441 g/mol. The van der Waals surface area contributed by atoms with Crippen LogP contribution in [-0.2, 0) is 16.2 Å². The lowest BCUT2D eigenvalue weighted by atomic mass is 10.2. The number of rotatable bonds is 3. The molecule has 0 bridgehead atoms. The predicted molar refractivity (Wildman–Crippen MR) is 86.5 cm³/mol. The number of hydrogen-bond donors (Lipinski definition) is 1. The van der Waals surface area contributed by atoms with Crippen LogP contribution in [0.25, 0.3) is 17.2 Å². The summed E-state index contributed by atoms with van der Waals surface area (Å²) >= 11 is 3.23. The molecule has 0 aliphatic heterocycles. The molecule has 0 aliphatic carbocycles. The van der Waals surface area contributed by atoms with Crippen molar-refractivity contribution in [2.75, 3.05) is 0 Å². The normalized spacial score (nSPS) is 12.3. The van der Waals surface area contributed by atoms with Crippen molar-refractivity contribution < 1.29 is 21.6 Å². The Morgan fingerprint density at radius 3 is 2.19 bits per heavy atom. The molecule has 0 atom stereocenters. The molecule has 0 unspecified atom stereocenters. The van der Waals surface area contributed by atoms with Gasteiger partial charge in [-0.3, -0.25) is 0 Å². The number of primary sulfonamides is 1. The second-order valence-electron chi connectivity index (χ2n) is 4.95. The molecule has 0 saturated carbocycles. The van der Waals surface area contributed by atoms with Crippen molar-refractivity contribution in [3.05, 3.63) is 46.7 Å². The van der Waals surface area contributed by atoms with E-state index in [9.17, 15) is 21.6 Å². The molecule has 3 rings (SSSR count). The van der Waals surface area contributed by atoms with Crippen LogP contribution in [0, 0.1) is 0 Å². The van der Waals surface area contributed by atoms with E-state index < -0.39 is 27.0 Å². The van der Waals surface area contributed by atoms with Crippen molar-refractivity contribution in [3.63, 3.8) is 0 Å². The smallest absolute Gasteiger partial charge is 0.223 e. The van der Waals surface area contributed by atoms with Crippen molar-refractivity contribution in [1.82, 2.24) is 25.0 Å². The number of nitrogens with zero attached hydrogens (tertiary/aromatic N) is 5. The molecule has 2 N–H and O–H groups in total. The quantitative estimate of drug-likeness (QED) is 0.655. The van der Waals surface area contributed by atoms with Crippen molar-refractivity contribution in [3.8, 4) is 17.2 Å². The number of alkyl halides is 3. The summed E-state index contributed by atoms with van der Waals surface area (Å²) in [6, 6.07) is 8.46. The third-order valence-electron chi connectivity index (χ3n) is 3.10. The third kappa shape index (κ3) is 3.73. The number of benzene rings is 1. The van der Waals surface area contributed by atoms with E-state index in [0.717, 1.165) is 21.3 Å². The molecule has 2 aromatic heterocycles. The van der Waals surface area contributed by atoms with Crippen molar-refractivity contribution in [2.24, 2.45) is 5.14 Å². The highest BCUT2D eigenvalue weighted by Gasteiger charge is 2.37. The minimum atomic E-state index is -4.77. The largest absolute Gasteiger partial charge is 0.453 e. The second-order valence-corrected chi connectivity index (χ2v) is 7.37. The van der Waals surface area contributed by atoms with Gasteiger partial charge in [-0.2, -0.15) is 17.9 Å². The standard InChI is InChI=1S/C13H8BrF3N6O2S/c14-8-3-1-7(2-4-8)11-19-12(13(15,16)17)22-23(11)9-5-6-10(21-20-9)26(18,24)25/h1-6H,(H2,18,24,25). The van der Waals surface area contributed by atoms with Crippen LogP contribution in [0.2, 0.25) is 0 Å². The zero-order valence-corrected chi connectivity index (χ0v) is 14.9. The van der Waals surface area contributed by atoms with Crippen LogP contribution < -0.4 is 5.14 Å². The monoisotopic (exact) mass is 448 g/mol. The van der Waals surface area contributed by atoms with Crippen molar-refractivity contribution >= 4 is 26.0 Å². The van der Waals surface area contributed by atoms with Gasteiger partial charge in [-0.05, 0) is 24.3 Å². The molecule has 26 heavy (non-hydrogen) atoms. The Labute approximate surface area is 153 Å². The highest BCUT2D eigenvalue weighted by Crippen LogP contribution is 2.30. The lowest BCUT2D eigenvalue weighted by Crippen LogP contribution is -2.15. The fraction of sp³-hybridized carbons (Fsp3) is 0.0769. The van der Waals surface area contributed by atoms with E-state index in [-0.39, 0.29) is 11.6 Å². The average Bonchev–Trinajstić information content (AvgIpc) is 3.00. The highest BCUT2D eigenvalue weighted by molar-refractivity contribution is 9.10. The molecule has 2 heterocycles. The molecule has 136 valence electrons. The van der Waals surface area contributed by atoms with Crippen molar-refractivity contribution in [1.29, 1.82) is 0 Å². The molecule has 0 aliphatic rings. The molecule has 8 nitrogen and oxygen atoms in total. The first-order valence-electron chi connectivity index (χ1n) is 6.73. The van der Waals surface area contributed by atoms with Crippen LogP contribution in [0.1, 0.15) is 5.82 Å². The summed E-state index contributed by atoms with van der Waals surface area (Å²) in [7, 11) is -4.09. The highest BCUT2D eigenvalue weighted by atomic mass is 79.9. The molecular formula is C13H8BrF3N6O2S. The molecule has 0 radical (unpaired) electrons. The Balaban J connectivity index is 2.16. The van der Waals surface area contributed by atoms with Gasteiger partial charge in [0.2, 0.25) is 0 Å². The molecule has 1 aromatic carbocycles. The van der Waals surface area contributed by atoms with E-state index >= 15 is 0 Å². The summed E-state index contributed by atoms with van der Waals surface area (Å²) in [4.78, 5) is 3.53. The number of aromatic nitrogens is 5. The van der Waals surface area contributed by atoms with Gasteiger partial charge in [-0.25, -0.2) is 18.5 Å². The number of sulfonamides is 1. The summed E-state index contributed by atoms with van der Waals surface area (Å²) in [6.45, 7) is 0. The Bertz CT molecular complexity index is 1050. The Morgan fingerprint density at radius 1 is 1.04 bits per heavy atom. The average molecular weight is 449 g/mol. The number of hydrogen-bond acceptors (Lipinski definition) is 6. The SMILES string of the molecule is NS(=O)(=O)c1ccc(-n2nc(C(F)(F)F)nc2-c2ccc(Br)cc2)nn1. The summed E-state index contributed by atoms with van der Waals surface area (Å²) < 4.78 is 63.1. The molecule has 0 spiro atoms. The van der Waals surface area contributed by atoms with Crippen LogP contribution in [0.15, 0.2) is 45.9 Å². The lowest BCUT2D eigenvalue weighted by molar-refractivity contribution is -0.144. The Morgan fingerprint density at radius 2 is 1.69 bits per heavy atom. The maximum atomic E-state index is 13.0. The van der Waals surface area contributed by atoms with Gasteiger partial charge in [-0.1, -0.05) is 28.1 Å². The van der Waals surface area contributed by atoms with E-state index in [0.29, 0.717) is 5.56 Å². The maximum absolute atomic E-state index is 13.0. The minimum Gasteiger partial charge on any atom is -0.223 e. The van der Waals surface area contributed by atoms with Crippen LogP contribution in [0.4, 0.5) is 13.2 Å². The maximum Gasteiger partial charge on any atom is 0.453 e. The molecule has 0 saturated heterocycles. The second kappa shape index (κ2) is 6.41. The van der Waals surface area contributed by atoms with Crippen LogP contribution in [-0.4, -0.2) is 33.4 Å². The van der Waals surface area contributed by atoms with Crippen molar-refractivity contribution in [2.45, 2.75) is 11.2 Å². The van der Waals surface area contributed by atoms with Gasteiger partial charge in [0.25, 0.3) is 15.8 Å². The van der Waals surface area contributed by atoms with Crippen LogP contribution in [0.5, 0.6) is 0 Å². The fourth-order valence-electron chi connectivity index (χ4n) is 1.96. The van der Waals surface area contributed by atoms with Gasteiger partial charge in [-0.15, -0.1) is 15.3 Å². The minimum absolute atomic E-state index is 0.137. The first-order valence-corrected chi connectivity index (χ1v) is 9.07. The third-order valence-corrected chi connectivity index (χ3v) is 4.43. The van der Waals surface area contributed by atoms with Gasteiger partial charge >= 0.3 is 6.18 Å². The lowest BCUT2D eigenvalue weighted by Gasteiger charge is -2.05. The van der Waals surface area contributed by atoms with E-state index in [1.807, 2.05) is 0 Å². The molecule has 13 heteroatoms. The molecule has 3 aromatic rings. The van der Waals surface area contributed by atoms with E-state index in [1.54, 1.807) is 12.1 Å². The first kappa shape index (κ1) is 18.4.